The van der Waals surface area contributed by atoms with Crippen LogP contribution in [-0.2, 0) is 0 Å². The van der Waals surface area contributed by atoms with Crippen molar-refractivity contribution < 1.29 is 14.4 Å². The highest BCUT2D eigenvalue weighted by atomic mass is 16.2. The van der Waals surface area contributed by atoms with Crippen molar-refractivity contribution in [1.29, 1.82) is 0 Å². The van der Waals surface area contributed by atoms with Crippen molar-refractivity contribution in [2.75, 3.05) is 7.05 Å². The summed E-state index contributed by atoms with van der Waals surface area (Å²) in [5.41, 5.74) is 1.97. The van der Waals surface area contributed by atoms with Crippen LogP contribution in [0.4, 0.5) is 0 Å². The van der Waals surface area contributed by atoms with Gasteiger partial charge in [0.25, 0.3) is 17.7 Å². The highest BCUT2D eigenvalue weighted by Gasteiger charge is 2.33. The number of benzene rings is 2. The lowest BCUT2D eigenvalue weighted by Crippen LogP contribution is -2.26. The fourth-order valence-corrected chi connectivity index (χ4v) is 2.61. The van der Waals surface area contributed by atoms with Gasteiger partial charge in [0.2, 0.25) is 0 Å². The predicted octanol–water partition coefficient (Wildman–Crippen LogP) is 2.40. The number of imide groups is 1. The lowest BCUT2D eigenvalue weighted by Gasteiger charge is -2.14. The molecule has 0 aromatic heterocycles. The Balaban J connectivity index is 1.82. The molecule has 116 valence electrons. The molecule has 5 nitrogen and oxygen atoms in total. The van der Waals surface area contributed by atoms with Crippen molar-refractivity contribution in [3.63, 3.8) is 0 Å². The third-order valence-electron chi connectivity index (χ3n) is 4.00. The molecular formula is C18H16N2O3. The highest BCUT2D eigenvalue weighted by molar-refractivity contribution is 6.21. The SMILES string of the molecule is C[C@H](NC(=O)c1ccc2c(c1)C(=O)N(C)C2=O)c1ccccc1. The van der Waals surface area contributed by atoms with E-state index in [2.05, 4.69) is 5.32 Å². The van der Waals surface area contributed by atoms with Gasteiger partial charge < -0.3 is 5.32 Å². The molecule has 0 saturated heterocycles. The van der Waals surface area contributed by atoms with Crippen LogP contribution in [0.15, 0.2) is 48.5 Å². The lowest BCUT2D eigenvalue weighted by atomic mass is 10.0. The number of nitrogens with one attached hydrogen (secondary N) is 1. The molecule has 1 aliphatic rings. The van der Waals surface area contributed by atoms with Gasteiger partial charge in [-0.15, -0.1) is 0 Å². The summed E-state index contributed by atoms with van der Waals surface area (Å²) in [5, 5.41) is 2.89. The van der Waals surface area contributed by atoms with Crippen molar-refractivity contribution >= 4 is 17.7 Å². The Hall–Kier alpha value is -2.95. The van der Waals surface area contributed by atoms with E-state index in [1.165, 1.54) is 19.2 Å². The number of fused-ring (bicyclic) bond motifs is 1. The molecule has 2 aromatic carbocycles. The van der Waals surface area contributed by atoms with Gasteiger partial charge in [0, 0.05) is 12.6 Å². The average molecular weight is 308 g/mol. The first-order valence-electron chi connectivity index (χ1n) is 7.31. The Morgan fingerprint density at radius 3 is 2.35 bits per heavy atom. The van der Waals surface area contributed by atoms with Gasteiger partial charge in [-0.3, -0.25) is 19.3 Å². The van der Waals surface area contributed by atoms with Gasteiger partial charge in [-0.2, -0.15) is 0 Å². The van der Waals surface area contributed by atoms with E-state index in [4.69, 9.17) is 0 Å². The molecule has 0 radical (unpaired) electrons. The number of nitrogens with zero attached hydrogens (tertiary/aromatic N) is 1. The van der Waals surface area contributed by atoms with Gasteiger partial charge >= 0.3 is 0 Å². The van der Waals surface area contributed by atoms with Crippen LogP contribution in [0.5, 0.6) is 0 Å². The van der Waals surface area contributed by atoms with Crippen LogP contribution in [-0.4, -0.2) is 29.7 Å². The largest absolute Gasteiger partial charge is 0.346 e. The molecule has 2 aromatic rings. The number of hydrogen-bond donors (Lipinski definition) is 1. The highest BCUT2D eigenvalue weighted by Crippen LogP contribution is 2.23. The third kappa shape index (κ3) is 2.61. The Kier molecular flexibility index (Phi) is 3.70. The van der Waals surface area contributed by atoms with Crippen molar-refractivity contribution in [2.24, 2.45) is 0 Å². The minimum Gasteiger partial charge on any atom is -0.346 e. The van der Waals surface area contributed by atoms with Crippen molar-refractivity contribution in [2.45, 2.75) is 13.0 Å². The number of carbonyl (C=O) groups excluding carboxylic acids is 3. The molecule has 5 heteroatoms. The quantitative estimate of drug-likeness (QED) is 0.885. The van der Waals surface area contributed by atoms with Crippen LogP contribution in [0.25, 0.3) is 0 Å². The van der Waals surface area contributed by atoms with E-state index in [1.54, 1.807) is 6.07 Å². The molecule has 3 rings (SSSR count). The van der Waals surface area contributed by atoms with E-state index in [9.17, 15) is 14.4 Å². The zero-order valence-electron chi connectivity index (χ0n) is 12.9. The summed E-state index contributed by atoms with van der Waals surface area (Å²) in [6.07, 6.45) is 0. The van der Waals surface area contributed by atoms with Crippen molar-refractivity contribution in [1.82, 2.24) is 10.2 Å². The zero-order valence-corrected chi connectivity index (χ0v) is 12.9. The number of rotatable bonds is 3. The molecule has 23 heavy (non-hydrogen) atoms. The molecule has 1 atom stereocenters. The molecule has 0 spiro atoms. The number of amides is 3. The van der Waals surface area contributed by atoms with Gasteiger partial charge in [0.15, 0.2) is 0 Å². The molecule has 1 heterocycles. The van der Waals surface area contributed by atoms with Crippen LogP contribution in [0.1, 0.15) is 49.6 Å². The first-order valence-corrected chi connectivity index (χ1v) is 7.31. The third-order valence-corrected chi connectivity index (χ3v) is 4.00. The Morgan fingerprint density at radius 2 is 1.65 bits per heavy atom. The first-order chi connectivity index (χ1) is 11.0. The Labute approximate surface area is 133 Å². The van der Waals surface area contributed by atoms with Crippen molar-refractivity contribution in [3.05, 3.63) is 70.8 Å². The van der Waals surface area contributed by atoms with E-state index in [0.29, 0.717) is 11.1 Å². The average Bonchev–Trinajstić information content (AvgIpc) is 2.79. The van der Waals surface area contributed by atoms with Crippen LogP contribution in [0, 0.1) is 0 Å². The van der Waals surface area contributed by atoms with E-state index in [0.717, 1.165) is 10.5 Å². The summed E-state index contributed by atoms with van der Waals surface area (Å²) < 4.78 is 0. The molecule has 0 fully saturated rings. The summed E-state index contributed by atoms with van der Waals surface area (Å²) >= 11 is 0. The normalized spacial score (nSPS) is 14.6. The maximum atomic E-state index is 12.4. The maximum absolute atomic E-state index is 12.4. The van der Waals surface area contributed by atoms with Crippen LogP contribution in [0.2, 0.25) is 0 Å². The summed E-state index contributed by atoms with van der Waals surface area (Å²) in [5.74, 6) is -0.996. The first kappa shape index (κ1) is 15.0. The standard InChI is InChI=1S/C18H16N2O3/c1-11(12-6-4-3-5-7-12)19-16(21)13-8-9-14-15(10-13)18(23)20(2)17(14)22/h3-11H,1-2H3,(H,19,21)/t11-/m0/s1. The minimum atomic E-state index is -0.379. The molecule has 0 saturated carbocycles. The van der Waals surface area contributed by atoms with E-state index < -0.39 is 0 Å². The van der Waals surface area contributed by atoms with Crippen LogP contribution < -0.4 is 5.32 Å². The second-order valence-corrected chi connectivity index (χ2v) is 5.54. The fourth-order valence-electron chi connectivity index (χ4n) is 2.61. The number of hydrogen-bond acceptors (Lipinski definition) is 3. The summed E-state index contributed by atoms with van der Waals surface area (Å²) in [6.45, 7) is 1.89. The zero-order chi connectivity index (χ0) is 16.6. The summed E-state index contributed by atoms with van der Waals surface area (Å²) in [4.78, 5) is 37.3. The lowest BCUT2D eigenvalue weighted by molar-refractivity contribution is 0.0693. The fraction of sp³-hybridized carbons (Fsp3) is 0.167. The monoisotopic (exact) mass is 308 g/mol. The Bertz CT molecular complexity index is 799. The van der Waals surface area contributed by atoms with Crippen molar-refractivity contribution in [3.8, 4) is 0 Å². The predicted molar refractivity (Wildman–Crippen MR) is 85.2 cm³/mol. The summed E-state index contributed by atoms with van der Waals surface area (Å²) in [7, 11) is 1.43. The molecule has 1 aliphatic heterocycles. The topological polar surface area (TPSA) is 66.5 Å². The molecular weight excluding hydrogens is 292 g/mol. The molecule has 0 bridgehead atoms. The second kappa shape index (κ2) is 5.68. The second-order valence-electron chi connectivity index (χ2n) is 5.54. The van der Waals surface area contributed by atoms with E-state index in [1.807, 2.05) is 37.3 Å². The molecule has 0 aliphatic carbocycles. The minimum absolute atomic E-state index is 0.156. The summed E-state index contributed by atoms with van der Waals surface area (Å²) in [6, 6.07) is 14.0. The van der Waals surface area contributed by atoms with Gasteiger partial charge in [-0.1, -0.05) is 30.3 Å². The van der Waals surface area contributed by atoms with Crippen LogP contribution >= 0.6 is 0 Å². The molecule has 1 N–H and O–H groups in total. The molecule has 3 amide bonds. The van der Waals surface area contributed by atoms with Gasteiger partial charge in [0.1, 0.15) is 0 Å². The van der Waals surface area contributed by atoms with E-state index >= 15 is 0 Å². The maximum Gasteiger partial charge on any atom is 0.261 e. The smallest absolute Gasteiger partial charge is 0.261 e. The van der Waals surface area contributed by atoms with Crippen LogP contribution in [0.3, 0.4) is 0 Å². The Morgan fingerprint density at radius 1 is 1.00 bits per heavy atom. The van der Waals surface area contributed by atoms with Gasteiger partial charge in [-0.25, -0.2) is 0 Å². The van der Waals surface area contributed by atoms with Gasteiger partial charge in [0.05, 0.1) is 17.2 Å². The molecule has 0 unspecified atom stereocenters. The van der Waals surface area contributed by atoms with Gasteiger partial charge in [-0.05, 0) is 30.7 Å². The van der Waals surface area contributed by atoms with E-state index in [-0.39, 0.29) is 29.3 Å². The number of carbonyl (C=O) groups is 3.